The molecule has 104 valence electrons. The van der Waals surface area contributed by atoms with Gasteiger partial charge in [-0.05, 0) is 35.7 Å². The highest BCUT2D eigenvalue weighted by Crippen LogP contribution is 2.26. The zero-order valence-corrected chi connectivity index (χ0v) is 11.1. The van der Waals surface area contributed by atoms with Crippen LogP contribution in [0, 0.1) is 5.82 Å². The number of fused-ring (bicyclic) bond motifs is 1. The predicted molar refractivity (Wildman–Crippen MR) is 82.6 cm³/mol. The number of benzene rings is 3. The van der Waals surface area contributed by atoms with Crippen LogP contribution in [-0.4, -0.2) is 5.78 Å². The average molecular weight is 280 g/mol. The van der Waals surface area contributed by atoms with E-state index in [0.29, 0.717) is 33.3 Å². The van der Waals surface area contributed by atoms with Gasteiger partial charge in [-0.1, -0.05) is 24.3 Å². The Hall–Kier alpha value is -2.88. The molecule has 21 heavy (non-hydrogen) atoms. The lowest BCUT2D eigenvalue weighted by Crippen LogP contribution is -2.07. The highest BCUT2D eigenvalue weighted by molar-refractivity contribution is 6.18. The third-order valence-corrected chi connectivity index (χ3v) is 3.44. The van der Waals surface area contributed by atoms with Gasteiger partial charge >= 0.3 is 0 Å². The molecule has 3 rings (SSSR count). The summed E-state index contributed by atoms with van der Waals surface area (Å²) in [6.45, 7) is 0. The Morgan fingerprint density at radius 3 is 2.24 bits per heavy atom. The van der Waals surface area contributed by atoms with E-state index in [1.54, 1.807) is 42.5 Å². The number of ketones is 1. The summed E-state index contributed by atoms with van der Waals surface area (Å²) in [5, 5.41) is 0.982. The van der Waals surface area contributed by atoms with E-state index < -0.39 is 0 Å². The first-order valence-electron chi connectivity index (χ1n) is 6.45. The molecule has 4 heteroatoms. The standard InChI is InChI=1S/C17H13FN2O/c18-15-8-7-13(11-3-1-2-4-12(11)15)17(21)14-6-5-10(19)9-16(14)20/h1-9H,19-20H2. The van der Waals surface area contributed by atoms with Crippen molar-refractivity contribution < 1.29 is 9.18 Å². The number of rotatable bonds is 2. The Morgan fingerprint density at radius 2 is 1.52 bits per heavy atom. The Morgan fingerprint density at radius 1 is 0.857 bits per heavy atom. The van der Waals surface area contributed by atoms with E-state index in [9.17, 15) is 9.18 Å². The molecule has 0 heterocycles. The number of nitrogen functional groups attached to an aromatic ring is 2. The highest BCUT2D eigenvalue weighted by Gasteiger charge is 2.16. The van der Waals surface area contributed by atoms with Crippen molar-refractivity contribution in [2.24, 2.45) is 0 Å². The normalized spacial score (nSPS) is 10.7. The van der Waals surface area contributed by atoms with Crippen LogP contribution in [0.3, 0.4) is 0 Å². The van der Waals surface area contributed by atoms with E-state index in [0.717, 1.165) is 0 Å². The van der Waals surface area contributed by atoms with Crippen molar-refractivity contribution in [3.8, 4) is 0 Å². The fourth-order valence-corrected chi connectivity index (χ4v) is 2.39. The summed E-state index contributed by atoms with van der Waals surface area (Å²) in [5.41, 5.74) is 13.1. The van der Waals surface area contributed by atoms with Crippen LogP contribution < -0.4 is 11.5 Å². The molecule has 0 fully saturated rings. The highest BCUT2D eigenvalue weighted by atomic mass is 19.1. The lowest BCUT2D eigenvalue weighted by Gasteiger charge is -2.09. The average Bonchev–Trinajstić information content (AvgIpc) is 2.47. The second-order valence-electron chi connectivity index (χ2n) is 4.82. The van der Waals surface area contributed by atoms with Crippen LogP contribution in [0.1, 0.15) is 15.9 Å². The lowest BCUT2D eigenvalue weighted by atomic mass is 9.96. The summed E-state index contributed by atoms with van der Waals surface area (Å²) in [6.07, 6.45) is 0. The second-order valence-corrected chi connectivity index (χ2v) is 4.82. The molecule has 0 radical (unpaired) electrons. The number of hydrogen-bond donors (Lipinski definition) is 2. The Labute approximate surface area is 121 Å². The molecule has 0 saturated heterocycles. The predicted octanol–water partition coefficient (Wildman–Crippen LogP) is 3.37. The molecule has 0 bridgehead atoms. The molecule has 0 aliphatic carbocycles. The topological polar surface area (TPSA) is 69.1 Å². The Kier molecular flexibility index (Phi) is 3.06. The molecule has 0 amide bonds. The molecule has 3 aromatic carbocycles. The number of carbonyl (C=O) groups is 1. The number of carbonyl (C=O) groups excluding carboxylic acids is 1. The van der Waals surface area contributed by atoms with Crippen molar-refractivity contribution in [2.75, 3.05) is 11.5 Å². The zero-order valence-electron chi connectivity index (χ0n) is 11.1. The SMILES string of the molecule is Nc1ccc(C(=O)c2ccc(F)c3ccccc23)c(N)c1. The molecule has 0 unspecified atom stereocenters. The maximum absolute atomic E-state index is 13.8. The summed E-state index contributed by atoms with van der Waals surface area (Å²) in [7, 11) is 0. The molecule has 3 nitrogen and oxygen atoms in total. The van der Waals surface area contributed by atoms with Crippen LogP contribution in [0.15, 0.2) is 54.6 Å². The molecular formula is C17H13FN2O. The molecular weight excluding hydrogens is 267 g/mol. The molecule has 4 N–H and O–H groups in total. The first-order chi connectivity index (χ1) is 10.1. The van der Waals surface area contributed by atoms with Crippen molar-refractivity contribution in [2.45, 2.75) is 0 Å². The quantitative estimate of drug-likeness (QED) is 0.558. The van der Waals surface area contributed by atoms with Gasteiger partial charge < -0.3 is 11.5 Å². The van der Waals surface area contributed by atoms with Crippen molar-refractivity contribution in [1.82, 2.24) is 0 Å². The Balaban J connectivity index is 2.21. The minimum Gasteiger partial charge on any atom is -0.399 e. The molecule has 0 aromatic heterocycles. The van der Waals surface area contributed by atoms with Gasteiger partial charge in [0.05, 0.1) is 0 Å². The smallest absolute Gasteiger partial charge is 0.195 e. The van der Waals surface area contributed by atoms with Crippen molar-refractivity contribution in [3.05, 3.63) is 71.5 Å². The molecule has 3 aromatic rings. The van der Waals surface area contributed by atoms with Gasteiger partial charge in [-0.2, -0.15) is 0 Å². The first-order valence-corrected chi connectivity index (χ1v) is 6.45. The van der Waals surface area contributed by atoms with Gasteiger partial charge in [0, 0.05) is 27.9 Å². The minimum absolute atomic E-state index is 0.247. The molecule has 0 aliphatic rings. The van der Waals surface area contributed by atoms with Crippen LogP contribution in [0.5, 0.6) is 0 Å². The van der Waals surface area contributed by atoms with E-state index in [1.165, 1.54) is 12.1 Å². The fraction of sp³-hybridized carbons (Fsp3) is 0. The summed E-state index contributed by atoms with van der Waals surface area (Å²) in [6, 6.07) is 14.4. The van der Waals surface area contributed by atoms with Crippen molar-refractivity contribution in [3.63, 3.8) is 0 Å². The summed E-state index contributed by atoms with van der Waals surface area (Å²) in [5.74, 6) is -0.601. The molecule has 0 saturated carbocycles. The number of halogens is 1. The fourth-order valence-electron chi connectivity index (χ4n) is 2.39. The van der Waals surface area contributed by atoms with Crippen LogP contribution in [0.4, 0.5) is 15.8 Å². The molecule has 0 aliphatic heterocycles. The summed E-state index contributed by atoms with van der Waals surface area (Å²) in [4.78, 5) is 12.7. The monoisotopic (exact) mass is 280 g/mol. The van der Waals surface area contributed by atoms with Gasteiger partial charge in [0.1, 0.15) is 5.82 Å². The number of nitrogens with two attached hydrogens (primary N) is 2. The van der Waals surface area contributed by atoms with Gasteiger partial charge in [-0.25, -0.2) is 4.39 Å². The maximum atomic E-state index is 13.8. The van der Waals surface area contributed by atoms with Crippen LogP contribution in [0.25, 0.3) is 10.8 Å². The van der Waals surface area contributed by atoms with E-state index in [-0.39, 0.29) is 11.6 Å². The zero-order chi connectivity index (χ0) is 15.0. The second kappa shape index (κ2) is 4.90. The van der Waals surface area contributed by atoms with Crippen LogP contribution in [0.2, 0.25) is 0 Å². The van der Waals surface area contributed by atoms with Gasteiger partial charge in [0.2, 0.25) is 0 Å². The van der Waals surface area contributed by atoms with E-state index in [1.807, 2.05) is 0 Å². The third kappa shape index (κ3) is 2.21. The summed E-state index contributed by atoms with van der Waals surface area (Å²) < 4.78 is 13.8. The third-order valence-electron chi connectivity index (χ3n) is 3.44. The van der Waals surface area contributed by atoms with Crippen LogP contribution in [-0.2, 0) is 0 Å². The first kappa shape index (κ1) is 13.1. The maximum Gasteiger partial charge on any atom is 0.195 e. The molecule has 0 spiro atoms. The van der Waals surface area contributed by atoms with E-state index >= 15 is 0 Å². The van der Waals surface area contributed by atoms with Crippen molar-refractivity contribution in [1.29, 1.82) is 0 Å². The van der Waals surface area contributed by atoms with Crippen molar-refractivity contribution >= 4 is 27.9 Å². The number of anilines is 2. The van der Waals surface area contributed by atoms with Crippen LogP contribution >= 0.6 is 0 Å². The van der Waals surface area contributed by atoms with E-state index in [4.69, 9.17) is 11.5 Å². The summed E-state index contributed by atoms with van der Waals surface area (Å²) >= 11 is 0. The van der Waals surface area contributed by atoms with Gasteiger partial charge in [-0.3, -0.25) is 4.79 Å². The largest absolute Gasteiger partial charge is 0.399 e. The van der Waals surface area contributed by atoms with Gasteiger partial charge in [0.15, 0.2) is 5.78 Å². The van der Waals surface area contributed by atoms with Gasteiger partial charge in [0.25, 0.3) is 0 Å². The lowest BCUT2D eigenvalue weighted by molar-refractivity contribution is 0.104. The van der Waals surface area contributed by atoms with Gasteiger partial charge in [-0.15, -0.1) is 0 Å². The Bertz CT molecular complexity index is 859. The number of hydrogen-bond acceptors (Lipinski definition) is 3. The molecule has 0 atom stereocenters. The minimum atomic E-state index is -0.354. The van der Waals surface area contributed by atoms with E-state index in [2.05, 4.69) is 0 Å².